The Balaban J connectivity index is 1.50. The van der Waals surface area contributed by atoms with Crippen molar-refractivity contribution in [3.05, 3.63) is 47.8 Å². The number of allylic oxidation sites excluding steroid dienone is 1. The highest BCUT2D eigenvalue weighted by Crippen LogP contribution is 2.60. The quantitative estimate of drug-likeness (QED) is 0.576. The van der Waals surface area contributed by atoms with Crippen LogP contribution in [0, 0.1) is 22.7 Å². The predicted octanol–water partition coefficient (Wildman–Crippen LogP) is 4.47. The monoisotopic (exact) mass is 384 g/mol. The molecule has 4 rings (SSSR count). The second-order valence-corrected chi connectivity index (χ2v) is 9.72. The van der Waals surface area contributed by atoms with Gasteiger partial charge in [0.05, 0.1) is 19.1 Å². The van der Waals surface area contributed by atoms with Gasteiger partial charge in [0.2, 0.25) is 0 Å². The Labute approximate surface area is 168 Å². The maximum Gasteiger partial charge on any atom is 0.310 e. The van der Waals surface area contributed by atoms with Gasteiger partial charge in [0.1, 0.15) is 11.9 Å². The molecule has 0 spiro atoms. The number of hydrogen-bond acceptors (Lipinski definition) is 4. The van der Waals surface area contributed by atoms with Gasteiger partial charge < -0.3 is 14.6 Å². The Kier molecular flexibility index (Phi) is 4.81. The van der Waals surface area contributed by atoms with E-state index in [1.807, 2.05) is 24.3 Å². The molecular formula is C24H32O4. The van der Waals surface area contributed by atoms with Gasteiger partial charge in [-0.05, 0) is 54.1 Å². The van der Waals surface area contributed by atoms with Gasteiger partial charge >= 0.3 is 5.97 Å². The summed E-state index contributed by atoms with van der Waals surface area (Å²) in [7, 11) is 0. The van der Waals surface area contributed by atoms with Crippen molar-refractivity contribution in [2.45, 2.75) is 65.1 Å². The molecule has 4 heteroatoms. The summed E-state index contributed by atoms with van der Waals surface area (Å²) in [6.07, 6.45) is 11.4. The number of ether oxygens (including phenoxy) is 2. The molecule has 5 atom stereocenters. The zero-order valence-electron chi connectivity index (χ0n) is 17.2. The molecule has 0 amide bonds. The molecule has 4 nitrogen and oxygen atoms in total. The van der Waals surface area contributed by atoms with Crippen LogP contribution in [-0.2, 0) is 14.3 Å². The van der Waals surface area contributed by atoms with Crippen molar-refractivity contribution in [1.29, 1.82) is 0 Å². The van der Waals surface area contributed by atoms with Gasteiger partial charge in [0.25, 0.3) is 0 Å². The lowest BCUT2D eigenvalue weighted by Crippen LogP contribution is -2.55. The molecule has 1 heterocycles. The normalized spacial score (nSPS) is 39.3. The minimum Gasteiger partial charge on any atom is -0.493 e. The van der Waals surface area contributed by atoms with Crippen LogP contribution < -0.4 is 0 Å². The molecule has 0 saturated heterocycles. The number of hydrogen-bond donors (Lipinski definition) is 1. The molecule has 2 fully saturated rings. The summed E-state index contributed by atoms with van der Waals surface area (Å²) in [5, 5.41) is 10.6. The SMILES string of the molecule is C=C1CC[C@@H]2C(C)(C)[C@H](O)CC[C@]2(C)[C@H]1COC1=C[C@@H]2OC(=O)CC=C2C=C1. The Hall–Kier alpha value is -1.81. The number of carbonyl (C=O) groups is 1. The highest BCUT2D eigenvalue weighted by molar-refractivity contribution is 5.74. The van der Waals surface area contributed by atoms with Gasteiger partial charge in [0, 0.05) is 12.0 Å². The van der Waals surface area contributed by atoms with Crippen LogP contribution in [-0.4, -0.2) is 29.9 Å². The van der Waals surface area contributed by atoms with Crippen molar-refractivity contribution in [1.82, 2.24) is 0 Å². The largest absolute Gasteiger partial charge is 0.493 e. The van der Waals surface area contributed by atoms with E-state index >= 15 is 0 Å². The number of esters is 1. The summed E-state index contributed by atoms with van der Waals surface area (Å²) in [6, 6.07) is 0. The number of carbonyl (C=O) groups excluding carboxylic acids is 1. The first-order chi connectivity index (χ1) is 13.2. The first-order valence-electron chi connectivity index (χ1n) is 10.5. The second kappa shape index (κ2) is 6.91. The van der Waals surface area contributed by atoms with E-state index in [0.29, 0.717) is 18.9 Å². The Morgan fingerprint density at radius 3 is 2.86 bits per heavy atom. The molecule has 0 aromatic rings. The minimum absolute atomic E-state index is 0.0827. The average molecular weight is 385 g/mol. The predicted molar refractivity (Wildman–Crippen MR) is 108 cm³/mol. The Bertz CT molecular complexity index is 771. The van der Waals surface area contributed by atoms with Gasteiger partial charge in [0.15, 0.2) is 0 Å². The van der Waals surface area contributed by atoms with Crippen molar-refractivity contribution < 1.29 is 19.4 Å². The molecule has 0 aromatic heterocycles. The van der Waals surface area contributed by atoms with Gasteiger partial charge in [-0.3, -0.25) is 4.79 Å². The lowest BCUT2D eigenvalue weighted by Gasteiger charge is -2.59. The van der Waals surface area contributed by atoms with Crippen LogP contribution in [0.15, 0.2) is 47.8 Å². The van der Waals surface area contributed by atoms with Crippen LogP contribution in [0.25, 0.3) is 0 Å². The third-order valence-corrected chi connectivity index (χ3v) is 7.82. The first kappa shape index (κ1) is 19.5. The number of fused-ring (bicyclic) bond motifs is 2. The van der Waals surface area contributed by atoms with E-state index in [1.165, 1.54) is 5.57 Å². The third-order valence-electron chi connectivity index (χ3n) is 7.82. The summed E-state index contributed by atoms with van der Waals surface area (Å²) in [4.78, 5) is 11.6. The fourth-order valence-electron chi connectivity index (χ4n) is 6.00. The maximum absolute atomic E-state index is 11.6. The fourth-order valence-corrected chi connectivity index (χ4v) is 6.00. The van der Waals surface area contributed by atoms with Crippen molar-refractivity contribution in [3.8, 4) is 0 Å². The molecule has 0 radical (unpaired) electrons. The Morgan fingerprint density at radius 1 is 1.29 bits per heavy atom. The van der Waals surface area contributed by atoms with Gasteiger partial charge in [-0.2, -0.15) is 0 Å². The summed E-state index contributed by atoms with van der Waals surface area (Å²) in [5.41, 5.74) is 2.27. The van der Waals surface area contributed by atoms with Crippen molar-refractivity contribution in [3.63, 3.8) is 0 Å². The molecule has 152 valence electrons. The van der Waals surface area contributed by atoms with Gasteiger partial charge in [-0.25, -0.2) is 0 Å². The average Bonchev–Trinajstić information content (AvgIpc) is 2.64. The van der Waals surface area contributed by atoms with Crippen LogP contribution >= 0.6 is 0 Å². The van der Waals surface area contributed by atoms with Gasteiger partial charge in [-0.15, -0.1) is 0 Å². The highest BCUT2D eigenvalue weighted by atomic mass is 16.5. The summed E-state index contributed by atoms with van der Waals surface area (Å²) >= 11 is 0. The van der Waals surface area contributed by atoms with Crippen LogP contribution in [0.4, 0.5) is 0 Å². The number of aliphatic hydroxyl groups is 1. The van der Waals surface area contributed by atoms with Crippen molar-refractivity contribution >= 4 is 5.97 Å². The van der Waals surface area contributed by atoms with Gasteiger partial charge in [-0.1, -0.05) is 45.1 Å². The number of rotatable bonds is 3. The van der Waals surface area contributed by atoms with Crippen molar-refractivity contribution in [2.24, 2.45) is 22.7 Å². The molecule has 1 aliphatic heterocycles. The summed E-state index contributed by atoms with van der Waals surface area (Å²) in [5.74, 6) is 1.27. The second-order valence-electron chi connectivity index (χ2n) is 9.72. The zero-order chi connectivity index (χ0) is 20.1. The number of aliphatic hydroxyl groups excluding tert-OH is 1. The van der Waals surface area contributed by atoms with Crippen LogP contribution in [0.2, 0.25) is 0 Å². The fraction of sp³-hybridized carbons (Fsp3) is 0.625. The van der Waals surface area contributed by atoms with Crippen molar-refractivity contribution in [2.75, 3.05) is 6.61 Å². The maximum atomic E-state index is 11.6. The van der Waals surface area contributed by atoms with E-state index in [1.54, 1.807) is 0 Å². The summed E-state index contributed by atoms with van der Waals surface area (Å²) < 4.78 is 11.6. The lowest BCUT2D eigenvalue weighted by atomic mass is 9.47. The molecule has 3 aliphatic carbocycles. The van der Waals surface area contributed by atoms with E-state index in [-0.39, 0.29) is 34.9 Å². The topological polar surface area (TPSA) is 55.8 Å². The van der Waals surface area contributed by atoms with E-state index in [4.69, 9.17) is 9.47 Å². The standard InChI is InChI=1S/C24H32O4/c1-15-5-9-20-23(2,3)21(25)11-12-24(20,4)18(15)14-27-17-8-6-16-7-10-22(26)28-19(16)13-17/h6-8,13,18-21,25H,1,5,9-12,14H2,2-4H3/t18-,19-,20+,21+,24+/m0/s1. The van der Waals surface area contributed by atoms with Crippen LogP contribution in [0.1, 0.15) is 52.9 Å². The van der Waals surface area contributed by atoms with E-state index < -0.39 is 0 Å². The molecule has 1 N–H and O–H groups in total. The molecule has 0 bridgehead atoms. The molecule has 4 aliphatic rings. The first-order valence-corrected chi connectivity index (χ1v) is 10.5. The lowest BCUT2D eigenvalue weighted by molar-refractivity contribution is -0.145. The third kappa shape index (κ3) is 3.16. The molecule has 28 heavy (non-hydrogen) atoms. The molecule has 0 aromatic carbocycles. The van der Waals surface area contributed by atoms with E-state index in [0.717, 1.165) is 37.0 Å². The smallest absolute Gasteiger partial charge is 0.310 e. The van der Waals surface area contributed by atoms with E-state index in [2.05, 4.69) is 27.4 Å². The summed E-state index contributed by atoms with van der Waals surface area (Å²) in [6.45, 7) is 11.7. The highest BCUT2D eigenvalue weighted by Gasteiger charge is 2.56. The van der Waals surface area contributed by atoms with Crippen LogP contribution in [0.5, 0.6) is 0 Å². The molecule has 0 unspecified atom stereocenters. The zero-order valence-corrected chi connectivity index (χ0v) is 17.2. The molecule has 2 saturated carbocycles. The Morgan fingerprint density at radius 2 is 2.07 bits per heavy atom. The van der Waals surface area contributed by atoms with E-state index in [9.17, 15) is 9.90 Å². The van der Waals surface area contributed by atoms with Crippen LogP contribution in [0.3, 0.4) is 0 Å². The molecular weight excluding hydrogens is 352 g/mol. The minimum atomic E-state index is -0.331.